The van der Waals surface area contributed by atoms with E-state index in [1.54, 1.807) is 0 Å². The molecule has 2 saturated carbocycles. The number of carbonyl (C=O) groups excluding carboxylic acids is 3. The molecular formula is C25H26N2O3. The Morgan fingerprint density at radius 1 is 1.00 bits per heavy atom. The highest BCUT2D eigenvalue weighted by atomic mass is 16.2. The van der Waals surface area contributed by atoms with Crippen LogP contribution < -0.4 is 5.32 Å². The first kappa shape index (κ1) is 19.0. The van der Waals surface area contributed by atoms with Gasteiger partial charge in [-0.15, -0.1) is 0 Å². The molecule has 1 aliphatic heterocycles. The van der Waals surface area contributed by atoms with Crippen LogP contribution in [0.25, 0.3) is 0 Å². The van der Waals surface area contributed by atoms with Crippen LogP contribution in [0, 0.1) is 30.6 Å². The van der Waals surface area contributed by atoms with E-state index in [1.165, 1.54) is 4.90 Å². The fraction of sp³-hybridized carbons (Fsp3) is 0.400. The van der Waals surface area contributed by atoms with Crippen LogP contribution in [-0.4, -0.2) is 28.7 Å². The summed E-state index contributed by atoms with van der Waals surface area (Å²) in [6.45, 7) is 1.96. The molecule has 154 valence electrons. The smallest absolute Gasteiger partial charge is 0.248 e. The highest BCUT2D eigenvalue weighted by molar-refractivity contribution is 6.10. The molecule has 5 atom stereocenters. The Morgan fingerprint density at radius 3 is 2.30 bits per heavy atom. The van der Waals surface area contributed by atoms with Gasteiger partial charge in [-0.2, -0.15) is 0 Å². The molecule has 1 heterocycles. The summed E-state index contributed by atoms with van der Waals surface area (Å²) >= 11 is 0. The summed E-state index contributed by atoms with van der Waals surface area (Å²) in [5, 5.41) is 2.94. The third-order valence-electron chi connectivity index (χ3n) is 7.13. The quantitative estimate of drug-likeness (QED) is 0.778. The number of imide groups is 1. The maximum absolute atomic E-state index is 13.4. The molecule has 5 rings (SSSR count). The zero-order valence-corrected chi connectivity index (χ0v) is 17.1. The third-order valence-corrected chi connectivity index (χ3v) is 7.13. The third kappa shape index (κ3) is 3.13. The van der Waals surface area contributed by atoms with Crippen LogP contribution in [0.1, 0.15) is 30.4 Å². The number of benzene rings is 2. The van der Waals surface area contributed by atoms with E-state index in [0.29, 0.717) is 23.9 Å². The molecule has 1 N–H and O–H groups in total. The van der Waals surface area contributed by atoms with Gasteiger partial charge in [0.2, 0.25) is 17.7 Å². The summed E-state index contributed by atoms with van der Waals surface area (Å²) in [5.74, 6) is -0.423. The highest BCUT2D eigenvalue weighted by Gasteiger charge is 2.62. The van der Waals surface area contributed by atoms with Crippen LogP contribution >= 0.6 is 0 Å². The van der Waals surface area contributed by atoms with Crippen molar-refractivity contribution in [1.82, 2.24) is 4.90 Å². The normalized spacial score (nSPS) is 28.0. The number of nitrogens with zero attached hydrogens (tertiary/aromatic N) is 1. The van der Waals surface area contributed by atoms with Crippen molar-refractivity contribution in [2.75, 3.05) is 5.32 Å². The molecule has 3 amide bonds. The van der Waals surface area contributed by atoms with Crippen molar-refractivity contribution >= 4 is 23.4 Å². The number of nitrogens with one attached hydrogen (secondary N) is 1. The summed E-state index contributed by atoms with van der Waals surface area (Å²) in [7, 11) is 0. The van der Waals surface area contributed by atoms with Crippen molar-refractivity contribution < 1.29 is 14.4 Å². The predicted molar refractivity (Wildman–Crippen MR) is 113 cm³/mol. The van der Waals surface area contributed by atoms with Crippen molar-refractivity contribution in [3.05, 3.63) is 65.7 Å². The van der Waals surface area contributed by atoms with Crippen LogP contribution in [0.2, 0.25) is 0 Å². The maximum Gasteiger partial charge on any atom is 0.248 e. The Morgan fingerprint density at radius 2 is 1.67 bits per heavy atom. The minimum Gasteiger partial charge on any atom is -0.324 e. The van der Waals surface area contributed by atoms with Gasteiger partial charge in [0.05, 0.1) is 11.8 Å². The zero-order chi connectivity index (χ0) is 20.8. The van der Waals surface area contributed by atoms with E-state index in [2.05, 4.69) is 5.32 Å². The lowest BCUT2D eigenvalue weighted by atomic mass is 9.81. The Balaban J connectivity index is 1.46. The molecule has 0 spiro atoms. The Bertz CT molecular complexity index is 974. The topological polar surface area (TPSA) is 66.5 Å². The van der Waals surface area contributed by atoms with E-state index < -0.39 is 6.04 Å². The van der Waals surface area contributed by atoms with Crippen molar-refractivity contribution in [3.8, 4) is 0 Å². The van der Waals surface area contributed by atoms with Gasteiger partial charge in [0, 0.05) is 12.1 Å². The predicted octanol–water partition coefficient (Wildman–Crippen LogP) is 3.58. The lowest BCUT2D eigenvalue weighted by Gasteiger charge is -2.27. The molecule has 1 saturated heterocycles. The number of hydrogen-bond donors (Lipinski definition) is 1. The number of anilines is 1. The lowest BCUT2D eigenvalue weighted by Crippen LogP contribution is -2.49. The molecule has 30 heavy (non-hydrogen) atoms. The zero-order valence-electron chi connectivity index (χ0n) is 17.1. The number of fused-ring (bicyclic) bond motifs is 5. The number of likely N-dealkylation sites (tertiary alicyclic amines) is 1. The first-order chi connectivity index (χ1) is 14.5. The van der Waals surface area contributed by atoms with Crippen molar-refractivity contribution in [3.63, 3.8) is 0 Å². The van der Waals surface area contributed by atoms with Crippen LogP contribution in [0.5, 0.6) is 0 Å². The van der Waals surface area contributed by atoms with E-state index in [1.807, 2.05) is 61.5 Å². The number of aryl methyl sites for hydroxylation is 1. The average Bonchev–Trinajstić information content (AvgIpc) is 3.41. The van der Waals surface area contributed by atoms with E-state index >= 15 is 0 Å². The average molecular weight is 402 g/mol. The van der Waals surface area contributed by atoms with Crippen LogP contribution in [-0.2, 0) is 20.8 Å². The second kappa shape index (κ2) is 7.38. The molecule has 0 radical (unpaired) electrons. The molecular weight excluding hydrogens is 376 g/mol. The highest BCUT2D eigenvalue weighted by Crippen LogP contribution is 2.56. The molecule has 5 heteroatoms. The van der Waals surface area contributed by atoms with E-state index in [4.69, 9.17) is 0 Å². The molecule has 2 aliphatic carbocycles. The van der Waals surface area contributed by atoms with E-state index in [0.717, 1.165) is 30.4 Å². The molecule has 2 aromatic rings. The summed E-state index contributed by atoms with van der Waals surface area (Å²) in [4.78, 5) is 41.4. The van der Waals surface area contributed by atoms with Gasteiger partial charge in [-0.1, -0.05) is 42.5 Å². The fourth-order valence-electron chi connectivity index (χ4n) is 5.83. The van der Waals surface area contributed by atoms with E-state index in [-0.39, 0.29) is 29.6 Å². The van der Waals surface area contributed by atoms with Crippen molar-refractivity contribution in [2.45, 2.75) is 38.6 Å². The lowest BCUT2D eigenvalue weighted by molar-refractivity contribution is -0.147. The Hall–Kier alpha value is -2.95. The molecule has 0 aromatic heterocycles. The van der Waals surface area contributed by atoms with Crippen molar-refractivity contribution in [1.29, 1.82) is 0 Å². The van der Waals surface area contributed by atoms with Gasteiger partial charge < -0.3 is 5.32 Å². The summed E-state index contributed by atoms with van der Waals surface area (Å²) in [5.41, 5.74) is 2.65. The number of carbonyl (C=O) groups is 3. The molecule has 3 aliphatic rings. The van der Waals surface area contributed by atoms with Gasteiger partial charge in [-0.05, 0) is 61.3 Å². The maximum atomic E-state index is 13.4. The number of rotatable bonds is 5. The summed E-state index contributed by atoms with van der Waals surface area (Å²) in [6.07, 6.45) is 3.36. The molecule has 2 aromatic carbocycles. The number of amides is 3. The first-order valence-electron chi connectivity index (χ1n) is 10.8. The van der Waals surface area contributed by atoms with Gasteiger partial charge in [0.15, 0.2) is 0 Å². The van der Waals surface area contributed by atoms with Crippen LogP contribution in [0.15, 0.2) is 54.6 Å². The summed E-state index contributed by atoms with van der Waals surface area (Å²) < 4.78 is 0. The standard InChI is InChI=1S/C25H26N2O3/c1-15-6-5-9-19(12-15)26-23(28)20(13-16-7-3-2-4-8-16)27-24(29)21-17-10-11-18(14-17)22(21)25(27)30/h2-9,12,17-18,20-22H,10-11,13-14H2,1H3,(H,26,28)/t17-,18+,20-,21-,22-/m0/s1. The minimum absolute atomic E-state index is 0.141. The number of hydrogen-bond acceptors (Lipinski definition) is 3. The largest absolute Gasteiger partial charge is 0.324 e. The van der Waals surface area contributed by atoms with Gasteiger partial charge >= 0.3 is 0 Å². The van der Waals surface area contributed by atoms with Gasteiger partial charge in [-0.3, -0.25) is 19.3 Å². The first-order valence-corrected chi connectivity index (χ1v) is 10.8. The van der Waals surface area contributed by atoms with Gasteiger partial charge in [0.25, 0.3) is 0 Å². The second-order valence-corrected chi connectivity index (χ2v) is 9.00. The van der Waals surface area contributed by atoms with Gasteiger partial charge in [-0.25, -0.2) is 0 Å². The van der Waals surface area contributed by atoms with Crippen LogP contribution in [0.4, 0.5) is 5.69 Å². The van der Waals surface area contributed by atoms with Crippen LogP contribution in [0.3, 0.4) is 0 Å². The second-order valence-electron chi connectivity index (χ2n) is 9.00. The Kier molecular flexibility index (Phi) is 4.69. The summed E-state index contributed by atoms with van der Waals surface area (Å²) in [6, 6.07) is 16.3. The van der Waals surface area contributed by atoms with Crippen molar-refractivity contribution in [2.24, 2.45) is 23.7 Å². The fourth-order valence-corrected chi connectivity index (χ4v) is 5.83. The molecule has 0 unspecified atom stereocenters. The molecule has 2 bridgehead atoms. The minimum atomic E-state index is -0.835. The van der Waals surface area contributed by atoms with E-state index in [9.17, 15) is 14.4 Å². The SMILES string of the molecule is Cc1cccc(NC(=O)[C@H](Cc2ccccc2)N2C(=O)[C@H]3[C@@H]4CC[C@@H](C4)[C@@H]3C2=O)c1. The molecule has 5 nitrogen and oxygen atoms in total. The van der Waals surface area contributed by atoms with Gasteiger partial charge in [0.1, 0.15) is 6.04 Å². The monoisotopic (exact) mass is 402 g/mol. The molecule has 3 fully saturated rings. The Labute approximate surface area is 176 Å².